The molecule has 2 rings (SSSR count). The van der Waals surface area contributed by atoms with Crippen LogP contribution < -0.4 is 5.32 Å². The lowest BCUT2D eigenvalue weighted by molar-refractivity contribution is 0.195. The van der Waals surface area contributed by atoms with Crippen molar-refractivity contribution in [1.29, 1.82) is 0 Å². The molecule has 1 N–H and O–H groups in total. The second kappa shape index (κ2) is 6.50. The zero-order valence-electron chi connectivity index (χ0n) is 14.7. The molecule has 0 radical (unpaired) electrons. The smallest absolute Gasteiger partial charge is 0.0239 e. The minimum atomic E-state index is 0.229. The van der Waals surface area contributed by atoms with Gasteiger partial charge in [0.1, 0.15) is 0 Å². The topological polar surface area (TPSA) is 15.3 Å². The normalized spacial score (nSPS) is 20.0. The molecule has 0 bridgehead atoms. The Hall–Kier alpha value is -0.860. The first-order chi connectivity index (χ1) is 9.79. The van der Waals surface area contributed by atoms with E-state index in [-0.39, 0.29) is 5.41 Å². The summed E-state index contributed by atoms with van der Waals surface area (Å²) < 4.78 is 0. The Balaban J connectivity index is 2.16. The molecule has 1 aromatic carbocycles. The summed E-state index contributed by atoms with van der Waals surface area (Å²) in [6.07, 6.45) is 2.62. The van der Waals surface area contributed by atoms with E-state index in [9.17, 15) is 0 Å². The second-order valence-corrected chi connectivity index (χ2v) is 7.75. The van der Waals surface area contributed by atoms with E-state index in [1.807, 2.05) is 0 Å². The number of nitrogens with one attached hydrogen (secondary N) is 1. The lowest BCUT2D eigenvalue weighted by Crippen LogP contribution is -2.43. The molecule has 21 heavy (non-hydrogen) atoms. The van der Waals surface area contributed by atoms with Gasteiger partial charge in [-0.05, 0) is 68.0 Å². The van der Waals surface area contributed by atoms with Crippen LogP contribution in [-0.4, -0.2) is 31.1 Å². The fourth-order valence-electron chi connectivity index (χ4n) is 3.26. The second-order valence-electron chi connectivity index (χ2n) is 7.75. The first-order valence-electron chi connectivity index (χ1n) is 8.30. The van der Waals surface area contributed by atoms with E-state index >= 15 is 0 Å². The summed E-state index contributed by atoms with van der Waals surface area (Å²) in [6, 6.07) is 5.45. The molecule has 1 unspecified atom stereocenters. The van der Waals surface area contributed by atoms with E-state index in [0.717, 1.165) is 13.1 Å². The molecule has 0 aromatic heterocycles. The van der Waals surface area contributed by atoms with Gasteiger partial charge in [0.25, 0.3) is 0 Å². The largest absolute Gasteiger partial charge is 0.315 e. The molecule has 1 heterocycles. The summed E-state index contributed by atoms with van der Waals surface area (Å²) >= 11 is 0. The predicted octanol–water partition coefficient (Wildman–Crippen LogP) is 3.78. The van der Waals surface area contributed by atoms with Crippen molar-refractivity contribution in [3.8, 4) is 0 Å². The molecule has 0 saturated carbocycles. The Bertz CT molecular complexity index is 456. The number of benzene rings is 1. The van der Waals surface area contributed by atoms with Gasteiger partial charge in [-0.1, -0.05) is 32.9 Å². The molecule has 2 nitrogen and oxygen atoms in total. The summed E-state index contributed by atoms with van der Waals surface area (Å²) in [7, 11) is 2.27. The van der Waals surface area contributed by atoms with Crippen LogP contribution in [0.5, 0.6) is 0 Å². The predicted molar refractivity (Wildman–Crippen MR) is 92.0 cm³/mol. The summed E-state index contributed by atoms with van der Waals surface area (Å²) in [5, 5.41) is 3.52. The van der Waals surface area contributed by atoms with Crippen molar-refractivity contribution >= 4 is 0 Å². The van der Waals surface area contributed by atoms with E-state index < -0.39 is 0 Å². The van der Waals surface area contributed by atoms with E-state index in [2.05, 4.69) is 64.0 Å². The van der Waals surface area contributed by atoms with E-state index in [0.29, 0.717) is 6.04 Å². The van der Waals surface area contributed by atoms with E-state index in [4.69, 9.17) is 0 Å². The average molecular weight is 288 g/mol. The van der Waals surface area contributed by atoms with Crippen LogP contribution in [0.15, 0.2) is 12.1 Å². The SMILES string of the molecule is Cc1cc(C(C)(C)C)cc(C)c1CN(C)C1CCCNC1. The molecule has 118 valence electrons. The zero-order chi connectivity index (χ0) is 15.6. The highest BCUT2D eigenvalue weighted by Crippen LogP contribution is 2.28. The minimum Gasteiger partial charge on any atom is -0.315 e. The Morgan fingerprint density at radius 1 is 1.19 bits per heavy atom. The van der Waals surface area contributed by atoms with Gasteiger partial charge < -0.3 is 5.32 Å². The summed E-state index contributed by atoms with van der Waals surface area (Å²) in [5.41, 5.74) is 6.07. The molecule has 2 heteroatoms. The van der Waals surface area contributed by atoms with Crippen molar-refractivity contribution in [1.82, 2.24) is 10.2 Å². The van der Waals surface area contributed by atoms with Gasteiger partial charge in [-0.2, -0.15) is 0 Å². The highest BCUT2D eigenvalue weighted by Gasteiger charge is 2.20. The summed E-state index contributed by atoms with van der Waals surface area (Å²) in [6.45, 7) is 14.8. The Morgan fingerprint density at radius 2 is 1.81 bits per heavy atom. The van der Waals surface area contributed by atoms with Crippen molar-refractivity contribution < 1.29 is 0 Å². The van der Waals surface area contributed by atoms with Crippen molar-refractivity contribution in [3.63, 3.8) is 0 Å². The summed E-state index contributed by atoms with van der Waals surface area (Å²) in [4.78, 5) is 2.53. The van der Waals surface area contributed by atoms with Crippen LogP contribution in [0.4, 0.5) is 0 Å². The van der Waals surface area contributed by atoms with Gasteiger partial charge in [0, 0.05) is 19.1 Å². The molecule has 1 aliphatic rings. The monoisotopic (exact) mass is 288 g/mol. The highest BCUT2D eigenvalue weighted by molar-refractivity contribution is 5.40. The zero-order valence-corrected chi connectivity index (χ0v) is 14.7. The van der Waals surface area contributed by atoms with Gasteiger partial charge in [0.15, 0.2) is 0 Å². The van der Waals surface area contributed by atoms with Gasteiger partial charge >= 0.3 is 0 Å². The number of hydrogen-bond donors (Lipinski definition) is 1. The standard InChI is InChI=1S/C19H32N2/c1-14-10-16(19(3,4)5)11-15(2)18(14)13-21(6)17-8-7-9-20-12-17/h10-11,17,20H,7-9,12-13H2,1-6H3. The van der Waals surface area contributed by atoms with Crippen LogP contribution in [0.2, 0.25) is 0 Å². The van der Waals surface area contributed by atoms with Gasteiger partial charge in [-0.15, -0.1) is 0 Å². The number of piperidine rings is 1. The van der Waals surface area contributed by atoms with Crippen LogP contribution in [0, 0.1) is 13.8 Å². The third-order valence-electron chi connectivity index (χ3n) is 4.86. The van der Waals surface area contributed by atoms with Crippen molar-refractivity contribution in [2.75, 3.05) is 20.1 Å². The lowest BCUT2D eigenvalue weighted by atomic mass is 9.83. The number of likely N-dealkylation sites (N-methyl/N-ethyl adjacent to an activating group) is 1. The van der Waals surface area contributed by atoms with Crippen molar-refractivity contribution in [2.24, 2.45) is 0 Å². The molecule has 1 atom stereocenters. The van der Waals surface area contributed by atoms with Crippen LogP contribution in [0.3, 0.4) is 0 Å². The Morgan fingerprint density at radius 3 is 2.29 bits per heavy atom. The highest BCUT2D eigenvalue weighted by atomic mass is 15.2. The first kappa shape index (κ1) is 16.5. The van der Waals surface area contributed by atoms with Crippen molar-refractivity contribution in [3.05, 3.63) is 34.4 Å². The molecule has 1 aromatic rings. The van der Waals surface area contributed by atoms with Crippen LogP contribution >= 0.6 is 0 Å². The number of aryl methyl sites for hydroxylation is 2. The van der Waals surface area contributed by atoms with Gasteiger partial charge in [-0.3, -0.25) is 4.90 Å². The molecular weight excluding hydrogens is 256 g/mol. The fraction of sp³-hybridized carbons (Fsp3) is 0.684. The fourth-order valence-corrected chi connectivity index (χ4v) is 3.26. The van der Waals surface area contributed by atoms with Gasteiger partial charge in [-0.25, -0.2) is 0 Å². The Kier molecular flexibility index (Phi) is 5.11. The lowest BCUT2D eigenvalue weighted by Gasteiger charge is -2.33. The molecule has 1 fully saturated rings. The number of nitrogens with zero attached hydrogens (tertiary/aromatic N) is 1. The maximum atomic E-state index is 3.52. The molecule has 1 saturated heterocycles. The van der Waals surface area contributed by atoms with Crippen LogP contribution in [-0.2, 0) is 12.0 Å². The van der Waals surface area contributed by atoms with E-state index in [1.54, 1.807) is 0 Å². The first-order valence-corrected chi connectivity index (χ1v) is 8.30. The average Bonchev–Trinajstić information content (AvgIpc) is 2.42. The van der Waals surface area contributed by atoms with Gasteiger partial charge in [0.05, 0.1) is 0 Å². The third-order valence-corrected chi connectivity index (χ3v) is 4.86. The minimum absolute atomic E-state index is 0.229. The molecule has 1 aliphatic heterocycles. The quantitative estimate of drug-likeness (QED) is 0.910. The Labute approximate surface area is 130 Å². The maximum absolute atomic E-state index is 3.52. The molecular formula is C19H32N2. The van der Waals surface area contributed by atoms with E-state index in [1.165, 1.54) is 41.6 Å². The van der Waals surface area contributed by atoms with Gasteiger partial charge in [0.2, 0.25) is 0 Å². The number of hydrogen-bond acceptors (Lipinski definition) is 2. The van der Waals surface area contributed by atoms with Crippen LogP contribution in [0.25, 0.3) is 0 Å². The van der Waals surface area contributed by atoms with Crippen molar-refractivity contribution in [2.45, 2.75) is 65.5 Å². The maximum Gasteiger partial charge on any atom is 0.0239 e. The molecule has 0 aliphatic carbocycles. The summed E-state index contributed by atoms with van der Waals surface area (Å²) in [5.74, 6) is 0. The van der Waals surface area contributed by atoms with Crippen LogP contribution in [0.1, 0.15) is 55.9 Å². The molecule has 0 amide bonds. The third kappa shape index (κ3) is 4.08. The number of rotatable bonds is 3. The molecule has 0 spiro atoms.